The van der Waals surface area contributed by atoms with Crippen molar-refractivity contribution in [2.75, 3.05) is 4.90 Å². The SMILES string of the molecule is O=C1[C@@H]2C[C@H](Br)[C@@H](Br)C[C@H]2C(=O)N1c1cccc(Cl)c1. The molecule has 0 bridgehead atoms. The van der Waals surface area contributed by atoms with Gasteiger partial charge in [0.2, 0.25) is 11.8 Å². The first-order valence-electron chi connectivity index (χ1n) is 6.40. The van der Waals surface area contributed by atoms with E-state index in [4.69, 9.17) is 11.6 Å². The fourth-order valence-corrected chi connectivity index (χ4v) is 4.39. The van der Waals surface area contributed by atoms with Gasteiger partial charge in [0, 0.05) is 14.7 Å². The minimum Gasteiger partial charge on any atom is -0.274 e. The highest BCUT2D eigenvalue weighted by Gasteiger charge is 2.52. The van der Waals surface area contributed by atoms with Crippen molar-refractivity contribution in [2.24, 2.45) is 11.8 Å². The van der Waals surface area contributed by atoms with E-state index in [-0.39, 0.29) is 33.3 Å². The maximum Gasteiger partial charge on any atom is 0.237 e. The first kappa shape index (κ1) is 14.5. The molecule has 3 nitrogen and oxygen atoms in total. The molecule has 1 heterocycles. The summed E-state index contributed by atoms with van der Waals surface area (Å²) >= 11 is 13.1. The molecule has 0 aromatic heterocycles. The maximum atomic E-state index is 12.5. The second kappa shape index (κ2) is 5.43. The molecule has 2 amide bonds. The van der Waals surface area contributed by atoms with Crippen LogP contribution in [0.1, 0.15) is 12.8 Å². The Balaban J connectivity index is 1.95. The van der Waals surface area contributed by atoms with Gasteiger partial charge in [0.1, 0.15) is 0 Å². The van der Waals surface area contributed by atoms with Crippen LogP contribution in [0.25, 0.3) is 0 Å². The first-order valence-corrected chi connectivity index (χ1v) is 8.61. The number of hydrogen-bond acceptors (Lipinski definition) is 2. The summed E-state index contributed by atoms with van der Waals surface area (Å²) in [5.74, 6) is -0.656. The van der Waals surface area contributed by atoms with E-state index in [9.17, 15) is 9.59 Å². The van der Waals surface area contributed by atoms with Crippen molar-refractivity contribution in [1.29, 1.82) is 0 Å². The third-order valence-corrected chi connectivity index (χ3v) is 6.95. The molecule has 2 aliphatic rings. The Kier molecular flexibility index (Phi) is 3.95. The molecular weight excluding hydrogens is 409 g/mol. The summed E-state index contributed by atoms with van der Waals surface area (Å²) in [7, 11) is 0. The maximum absolute atomic E-state index is 12.5. The van der Waals surface area contributed by atoms with E-state index in [1.54, 1.807) is 24.3 Å². The summed E-state index contributed by atoms with van der Waals surface area (Å²) in [6.45, 7) is 0. The number of imide groups is 1. The lowest BCUT2D eigenvalue weighted by atomic mass is 9.81. The third-order valence-electron chi connectivity index (χ3n) is 3.98. The lowest BCUT2D eigenvalue weighted by Crippen LogP contribution is -2.34. The minimum absolute atomic E-state index is 0.105. The molecular formula is C14H12Br2ClNO2. The number of benzene rings is 1. The highest BCUT2D eigenvalue weighted by molar-refractivity contribution is 9.12. The Labute approximate surface area is 138 Å². The van der Waals surface area contributed by atoms with Crippen molar-refractivity contribution in [2.45, 2.75) is 22.5 Å². The van der Waals surface area contributed by atoms with E-state index in [0.717, 1.165) is 0 Å². The van der Waals surface area contributed by atoms with Crippen LogP contribution in [0.4, 0.5) is 5.69 Å². The normalized spacial score (nSPS) is 33.5. The molecule has 20 heavy (non-hydrogen) atoms. The van der Waals surface area contributed by atoms with Gasteiger partial charge in [-0.2, -0.15) is 0 Å². The molecule has 1 saturated carbocycles. The van der Waals surface area contributed by atoms with Gasteiger partial charge in [0.25, 0.3) is 0 Å². The summed E-state index contributed by atoms with van der Waals surface area (Å²) in [4.78, 5) is 26.8. The van der Waals surface area contributed by atoms with Crippen LogP contribution in [-0.4, -0.2) is 21.5 Å². The number of rotatable bonds is 1. The van der Waals surface area contributed by atoms with Gasteiger partial charge in [-0.15, -0.1) is 0 Å². The number of carbonyl (C=O) groups is 2. The summed E-state index contributed by atoms with van der Waals surface area (Å²) in [5, 5.41) is 0.523. The van der Waals surface area contributed by atoms with Crippen LogP contribution in [0.15, 0.2) is 24.3 Å². The molecule has 1 saturated heterocycles. The Morgan fingerprint density at radius 3 is 2.10 bits per heavy atom. The average Bonchev–Trinajstić information content (AvgIpc) is 2.63. The zero-order valence-corrected chi connectivity index (χ0v) is 14.4. The van der Waals surface area contributed by atoms with Gasteiger partial charge in [-0.1, -0.05) is 49.5 Å². The van der Waals surface area contributed by atoms with Gasteiger partial charge >= 0.3 is 0 Å². The molecule has 2 fully saturated rings. The molecule has 106 valence electrons. The number of amides is 2. The molecule has 1 aromatic carbocycles. The van der Waals surface area contributed by atoms with Gasteiger partial charge < -0.3 is 0 Å². The van der Waals surface area contributed by atoms with Crippen LogP contribution < -0.4 is 4.90 Å². The number of hydrogen-bond donors (Lipinski definition) is 0. The van der Waals surface area contributed by atoms with E-state index in [2.05, 4.69) is 31.9 Å². The highest BCUT2D eigenvalue weighted by atomic mass is 79.9. The van der Waals surface area contributed by atoms with Crippen LogP contribution in [0.5, 0.6) is 0 Å². The number of alkyl halides is 2. The van der Waals surface area contributed by atoms with Gasteiger partial charge in [0.05, 0.1) is 17.5 Å². The number of carbonyl (C=O) groups excluding carboxylic acids is 2. The molecule has 1 aliphatic heterocycles. The van der Waals surface area contributed by atoms with Crippen molar-refractivity contribution in [3.8, 4) is 0 Å². The summed E-state index contributed by atoms with van der Waals surface area (Å²) in [5.41, 5.74) is 0.569. The zero-order valence-electron chi connectivity index (χ0n) is 10.4. The molecule has 0 radical (unpaired) electrons. The fourth-order valence-electron chi connectivity index (χ4n) is 2.96. The molecule has 6 heteroatoms. The standard InChI is InChI=1S/C14H12Br2ClNO2/c15-11-5-9-10(6-12(11)16)14(20)18(13(9)19)8-3-1-2-7(17)4-8/h1-4,9-12H,5-6H2/t9-,10-,11+,12+/m1/s1. The predicted octanol–water partition coefficient (Wildman–Crippen LogP) is 3.77. The van der Waals surface area contributed by atoms with Crippen LogP contribution >= 0.6 is 43.5 Å². The van der Waals surface area contributed by atoms with Crippen molar-refractivity contribution in [3.05, 3.63) is 29.3 Å². The highest BCUT2D eigenvalue weighted by Crippen LogP contribution is 2.44. The van der Waals surface area contributed by atoms with Gasteiger partial charge in [-0.3, -0.25) is 14.5 Å². The largest absolute Gasteiger partial charge is 0.274 e. The molecule has 0 N–H and O–H groups in total. The predicted molar refractivity (Wildman–Crippen MR) is 85.6 cm³/mol. The number of nitrogens with zero attached hydrogens (tertiary/aromatic N) is 1. The monoisotopic (exact) mass is 419 g/mol. The van der Waals surface area contributed by atoms with Crippen molar-refractivity contribution in [1.82, 2.24) is 0 Å². The van der Waals surface area contributed by atoms with Crippen LogP contribution in [0, 0.1) is 11.8 Å². The molecule has 1 aromatic rings. The Morgan fingerprint density at radius 1 is 1.05 bits per heavy atom. The lowest BCUT2D eigenvalue weighted by molar-refractivity contribution is -0.122. The Bertz CT molecular complexity index is 552. The average molecular weight is 422 g/mol. The minimum atomic E-state index is -0.223. The summed E-state index contributed by atoms with van der Waals surface area (Å²) in [6.07, 6.45) is 1.37. The van der Waals surface area contributed by atoms with E-state index in [1.807, 2.05) is 0 Å². The van der Waals surface area contributed by atoms with Crippen LogP contribution in [0.2, 0.25) is 5.02 Å². The molecule has 1 aliphatic carbocycles. The smallest absolute Gasteiger partial charge is 0.237 e. The van der Waals surface area contributed by atoms with E-state index in [1.165, 1.54) is 4.90 Å². The van der Waals surface area contributed by atoms with Crippen molar-refractivity contribution in [3.63, 3.8) is 0 Å². The fraction of sp³-hybridized carbons (Fsp3) is 0.429. The summed E-state index contributed by atoms with van der Waals surface area (Å²) in [6, 6.07) is 6.88. The molecule has 4 atom stereocenters. The number of halogens is 3. The van der Waals surface area contributed by atoms with Gasteiger partial charge in [-0.25, -0.2) is 0 Å². The van der Waals surface area contributed by atoms with E-state index in [0.29, 0.717) is 23.6 Å². The van der Waals surface area contributed by atoms with Crippen molar-refractivity contribution < 1.29 is 9.59 Å². The van der Waals surface area contributed by atoms with Crippen molar-refractivity contribution >= 4 is 61.0 Å². The van der Waals surface area contributed by atoms with Gasteiger partial charge in [0.15, 0.2) is 0 Å². The second-order valence-corrected chi connectivity index (χ2v) is 8.00. The summed E-state index contributed by atoms with van der Waals surface area (Å²) < 4.78 is 0. The van der Waals surface area contributed by atoms with Crippen LogP contribution in [0.3, 0.4) is 0 Å². The lowest BCUT2D eigenvalue weighted by Gasteiger charge is -2.29. The Hall–Kier alpha value is -0.390. The molecule has 3 rings (SSSR count). The first-order chi connectivity index (χ1) is 9.49. The topological polar surface area (TPSA) is 37.4 Å². The number of fused-ring (bicyclic) bond motifs is 1. The van der Waals surface area contributed by atoms with E-state index >= 15 is 0 Å². The quantitative estimate of drug-likeness (QED) is 0.511. The Morgan fingerprint density at radius 2 is 1.60 bits per heavy atom. The number of anilines is 1. The molecule has 0 spiro atoms. The third kappa shape index (κ3) is 2.34. The molecule has 0 unspecified atom stereocenters. The van der Waals surface area contributed by atoms with E-state index < -0.39 is 0 Å². The van der Waals surface area contributed by atoms with Crippen LogP contribution in [-0.2, 0) is 9.59 Å². The zero-order chi connectivity index (χ0) is 14.4. The second-order valence-electron chi connectivity index (χ2n) is 5.21. The van der Waals surface area contributed by atoms with Gasteiger partial charge in [-0.05, 0) is 31.0 Å².